The molecule has 1 amide bonds. The van der Waals surface area contributed by atoms with Gasteiger partial charge in [-0.1, -0.05) is 18.2 Å². The van der Waals surface area contributed by atoms with Crippen LogP contribution < -0.4 is 0 Å². The molecule has 1 saturated carbocycles. The maximum absolute atomic E-state index is 12.1. The Morgan fingerprint density at radius 2 is 1.85 bits per heavy atom. The Kier molecular flexibility index (Phi) is 2.79. The fraction of sp³-hybridized carbons (Fsp3) is 0.471. The highest BCUT2D eigenvalue weighted by Gasteiger charge is 2.35. The predicted molar refractivity (Wildman–Crippen MR) is 79.6 cm³/mol. The fourth-order valence-electron chi connectivity index (χ4n) is 3.43. The van der Waals surface area contributed by atoms with Gasteiger partial charge in [0.05, 0.1) is 0 Å². The topological polar surface area (TPSA) is 36.1 Å². The molecular formula is C17H20N2O. The van der Waals surface area contributed by atoms with Crippen LogP contribution in [-0.2, 0) is 4.79 Å². The molecule has 20 heavy (non-hydrogen) atoms. The summed E-state index contributed by atoms with van der Waals surface area (Å²) >= 11 is 0. The van der Waals surface area contributed by atoms with Crippen LogP contribution in [0.5, 0.6) is 0 Å². The molecule has 3 heteroatoms. The SMILES string of the molecule is O=C(C1CC1)N1CCC(c2c[nH]c3ccccc23)CC1. The maximum Gasteiger partial charge on any atom is 0.225 e. The summed E-state index contributed by atoms with van der Waals surface area (Å²) in [5.74, 6) is 1.36. The van der Waals surface area contributed by atoms with E-state index in [0.29, 0.717) is 17.7 Å². The standard InChI is InChI=1S/C17H20N2O/c20-17(13-5-6-13)19-9-7-12(8-10-19)15-11-18-16-4-2-1-3-14(15)16/h1-4,11-13,18H,5-10H2. The van der Waals surface area contributed by atoms with E-state index in [-0.39, 0.29) is 0 Å². The number of nitrogens with zero attached hydrogens (tertiary/aromatic N) is 1. The van der Waals surface area contributed by atoms with Crippen molar-refractivity contribution in [1.82, 2.24) is 9.88 Å². The lowest BCUT2D eigenvalue weighted by Gasteiger charge is -2.32. The molecule has 0 radical (unpaired) electrons. The average Bonchev–Trinajstić information content (AvgIpc) is 3.26. The van der Waals surface area contributed by atoms with E-state index in [1.807, 2.05) is 0 Å². The number of hydrogen-bond acceptors (Lipinski definition) is 1. The summed E-state index contributed by atoms with van der Waals surface area (Å²) in [6.45, 7) is 1.86. The molecule has 0 spiro atoms. The second-order valence-electron chi connectivity index (χ2n) is 6.16. The fourth-order valence-corrected chi connectivity index (χ4v) is 3.43. The summed E-state index contributed by atoms with van der Waals surface area (Å²) in [5, 5.41) is 1.35. The molecule has 1 aromatic heterocycles. The average molecular weight is 268 g/mol. The molecule has 2 heterocycles. The van der Waals surface area contributed by atoms with E-state index in [2.05, 4.69) is 40.3 Å². The normalized spacial score (nSPS) is 20.5. The first-order chi connectivity index (χ1) is 9.83. The third-order valence-electron chi connectivity index (χ3n) is 4.79. The molecular weight excluding hydrogens is 248 g/mol. The number of para-hydroxylation sites is 1. The van der Waals surface area contributed by atoms with Gasteiger partial charge in [0.1, 0.15) is 0 Å². The number of likely N-dealkylation sites (tertiary alicyclic amines) is 1. The van der Waals surface area contributed by atoms with Crippen molar-refractivity contribution in [3.63, 3.8) is 0 Å². The molecule has 1 N–H and O–H groups in total. The van der Waals surface area contributed by atoms with E-state index in [4.69, 9.17) is 0 Å². The van der Waals surface area contributed by atoms with Crippen molar-refractivity contribution in [2.75, 3.05) is 13.1 Å². The van der Waals surface area contributed by atoms with Crippen molar-refractivity contribution >= 4 is 16.8 Å². The molecule has 1 aromatic carbocycles. The van der Waals surface area contributed by atoms with E-state index < -0.39 is 0 Å². The lowest BCUT2D eigenvalue weighted by Crippen LogP contribution is -2.38. The zero-order valence-electron chi connectivity index (χ0n) is 11.6. The molecule has 2 aliphatic rings. The number of benzene rings is 1. The van der Waals surface area contributed by atoms with E-state index in [0.717, 1.165) is 38.8 Å². The summed E-state index contributed by atoms with van der Waals surface area (Å²) in [5.41, 5.74) is 2.65. The van der Waals surface area contributed by atoms with E-state index in [9.17, 15) is 4.79 Å². The van der Waals surface area contributed by atoms with Crippen molar-refractivity contribution in [2.24, 2.45) is 5.92 Å². The third kappa shape index (κ3) is 2.01. The Morgan fingerprint density at radius 3 is 2.60 bits per heavy atom. The molecule has 0 atom stereocenters. The highest BCUT2D eigenvalue weighted by Crippen LogP contribution is 2.36. The van der Waals surface area contributed by atoms with Gasteiger partial charge in [0.25, 0.3) is 0 Å². The first kappa shape index (κ1) is 12.0. The van der Waals surface area contributed by atoms with Crippen molar-refractivity contribution in [2.45, 2.75) is 31.6 Å². The van der Waals surface area contributed by atoms with Crippen molar-refractivity contribution < 1.29 is 4.79 Å². The van der Waals surface area contributed by atoms with Gasteiger partial charge < -0.3 is 9.88 Å². The summed E-state index contributed by atoms with van der Waals surface area (Å²) in [6.07, 6.45) is 6.58. The number of amides is 1. The van der Waals surface area contributed by atoms with Crippen LogP contribution in [0.4, 0.5) is 0 Å². The second-order valence-corrected chi connectivity index (χ2v) is 6.16. The number of carbonyl (C=O) groups is 1. The van der Waals surface area contributed by atoms with Crippen molar-refractivity contribution in [3.8, 4) is 0 Å². The van der Waals surface area contributed by atoms with Crippen LogP contribution in [0.2, 0.25) is 0 Å². The quantitative estimate of drug-likeness (QED) is 0.891. The van der Waals surface area contributed by atoms with Crippen LogP contribution in [0, 0.1) is 5.92 Å². The summed E-state index contributed by atoms with van der Waals surface area (Å²) in [7, 11) is 0. The molecule has 0 bridgehead atoms. The van der Waals surface area contributed by atoms with Gasteiger partial charge >= 0.3 is 0 Å². The number of carbonyl (C=O) groups excluding carboxylic acids is 1. The number of nitrogens with one attached hydrogen (secondary N) is 1. The van der Waals surface area contributed by atoms with E-state index >= 15 is 0 Å². The Balaban J connectivity index is 1.50. The number of aromatic amines is 1. The number of fused-ring (bicyclic) bond motifs is 1. The molecule has 1 aliphatic heterocycles. The van der Waals surface area contributed by atoms with Crippen LogP contribution in [-0.4, -0.2) is 28.9 Å². The smallest absolute Gasteiger partial charge is 0.225 e. The Morgan fingerprint density at radius 1 is 1.10 bits per heavy atom. The Hall–Kier alpha value is -1.77. The molecule has 2 aromatic rings. The third-order valence-corrected chi connectivity index (χ3v) is 4.79. The second kappa shape index (κ2) is 4.65. The predicted octanol–water partition coefficient (Wildman–Crippen LogP) is 3.28. The highest BCUT2D eigenvalue weighted by molar-refractivity contribution is 5.84. The van der Waals surface area contributed by atoms with Gasteiger partial charge in [-0.05, 0) is 43.2 Å². The molecule has 104 valence electrons. The van der Waals surface area contributed by atoms with Gasteiger partial charge in [-0.2, -0.15) is 0 Å². The summed E-state index contributed by atoms with van der Waals surface area (Å²) in [6, 6.07) is 8.50. The van der Waals surface area contributed by atoms with Gasteiger partial charge in [0, 0.05) is 36.1 Å². The van der Waals surface area contributed by atoms with Crippen LogP contribution in [0.25, 0.3) is 10.9 Å². The zero-order valence-corrected chi connectivity index (χ0v) is 11.6. The summed E-state index contributed by atoms with van der Waals surface area (Å²) in [4.78, 5) is 17.5. The lowest BCUT2D eigenvalue weighted by atomic mass is 9.89. The minimum absolute atomic E-state index is 0.361. The van der Waals surface area contributed by atoms with E-state index in [1.165, 1.54) is 16.5 Å². The van der Waals surface area contributed by atoms with Crippen molar-refractivity contribution in [1.29, 1.82) is 0 Å². The summed E-state index contributed by atoms with van der Waals surface area (Å²) < 4.78 is 0. The van der Waals surface area contributed by atoms with Crippen LogP contribution in [0.3, 0.4) is 0 Å². The first-order valence-corrected chi connectivity index (χ1v) is 7.68. The van der Waals surface area contributed by atoms with Crippen LogP contribution in [0.1, 0.15) is 37.2 Å². The molecule has 1 aliphatic carbocycles. The first-order valence-electron chi connectivity index (χ1n) is 7.68. The molecule has 3 nitrogen and oxygen atoms in total. The van der Waals surface area contributed by atoms with Gasteiger partial charge in [0.15, 0.2) is 0 Å². The Labute approximate surface area is 119 Å². The van der Waals surface area contributed by atoms with Gasteiger partial charge in [-0.25, -0.2) is 0 Å². The minimum Gasteiger partial charge on any atom is -0.361 e. The Bertz CT molecular complexity index is 633. The minimum atomic E-state index is 0.361. The number of piperidine rings is 1. The molecule has 4 rings (SSSR count). The molecule has 1 saturated heterocycles. The zero-order chi connectivity index (χ0) is 13.5. The number of rotatable bonds is 2. The van der Waals surface area contributed by atoms with E-state index in [1.54, 1.807) is 0 Å². The van der Waals surface area contributed by atoms with Gasteiger partial charge in [-0.15, -0.1) is 0 Å². The highest BCUT2D eigenvalue weighted by atomic mass is 16.2. The van der Waals surface area contributed by atoms with Gasteiger partial charge in [-0.3, -0.25) is 4.79 Å². The monoisotopic (exact) mass is 268 g/mol. The number of H-pyrrole nitrogens is 1. The molecule has 2 fully saturated rings. The van der Waals surface area contributed by atoms with Crippen LogP contribution in [0.15, 0.2) is 30.5 Å². The van der Waals surface area contributed by atoms with Crippen LogP contribution >= 0.6 is 0 Å². The lowest BCUT2D eigenvalue weighted by molar-refractivity contribution is -0.133. The van der Waals surface area contributed by atoms with Gasteiger partial charge in [0.2, 0.25) is 5.91 Å². The van der Waals surface area contributed by atoms with Crippen molar-refractivity contribution in [3.05, 3.63) is 36.0 Å². The molecule has 0 unspecified atom stereocenters. The maximum atomic E-state index is 12.1. The number of hydrogen-bond donors (Lipinski definition) is 1. The number of aromatic nitrogens is 1. The largest absolute Gasteiger partial charge is 0.361 e.